The number of hydrogen-bond acceptors (Lipinski definition) is 5. The van der Waals surface area contributed by atoms with Crippen LogP contribution in [0.5, 0.6) is 0 Å². The van der Waals surface area contributed by atoms with Gasteiger partial charge in [0.05, 0.1) is 11.1 Å². The molecule has 0 spiro atoms. The van der Waals surface area contributed by atoms with E-state index in [0.717, 1.165) is 35.2 Å². The Morgan fingerprint density at radius 3 is 2.80 bits per heavy atom. The lowest BCUT2D eigenvalue weighted by molar-refractivity contribution is -0.115. The number of amides is 1. The highest BCUT2D eigenvalue weighted by Crippen LogP contribution is 2.34. The van der Waals surface area contributed by atoms with Gasteiger partial charge >= 0.3 is 0 Å². The summed E-state index contributed by atoms with van der Waals surface area (Å²) in [5, 5.41) is 1.36. The molecular weight excluding hydrogens is 414 g/mol. The smallest absolute Gasteiger partial charge is 0.263 e. The molecule has 1 aliphatic rings. The van der Waals surface area contributed by atoms with Crippen molar-refractivity contribution in [2.24, 2.45) is 0 Å². The summed E-state index contributed by atoms with van der Waals surface area (Å²) in [4.78, 5) is 34.6. The minimum atomic E-state index is -0.0346. The summed E-state index contributed by atoms with van der Waals surface area (Å²) < 4.78 is 1.66. The van der Waals surface area contributed by atoms with Gasteiger partial charge in [0.15, 0.2) is 5.16 Å². The topological polar surface area (TPSA) is 55.2 Å². The summed E-state index contributed by atoms with van der Waals surface area (Å²) >= 11 is 2.96. The van der Waals surface area contributed by atoms with Crippen LogP contribution in [0.25, 0.3) is 10.2 Å². The highest BCUT2D eigenvalue weighted by atomic mass is 32.2. The molecule has 1 aliphatic carbocycles. The van der Waals surface area contributed by atoms with Crippen LogP contribution in [0.15, 0.2) is 52.9 Å². The summed E-state index contributed by atoms with van der Waals surface area (Å²) in [6.45, 7) is 4.19. The molecule has 0 bridgehead atoms. The maximum absolute atomic E-state index is 13.4. The molecule has 0 saturated heterocycles. The summed E-state index contributed by atoms with van der Waals surface area (Å²) in [5.41, 5.74) is 2.03. The number of aromatic nitrogens is 2. The summed E-state index contributed by atoms with van der Waals surface area (Å²) in [7, 11) is 1.77. The monoisotopic (exact) mass is 439 g/mol. The first kappa shape index (κ1) is 20.9. The Morgan fingerprint density at radius 2 is 2.03 bits per heavy atom. The van der Waals surface area contributed by atoms with Crippen molar-refractivity contribution in [1.82, 2.24) is 9.55 Å². The van der Waals surface area contributed by atoms with Crippen LogP contribution in [0.1, 0.15) is 29.7 Å². The third-order valence-corrected chi connectivity index (χ3v) is 7.59. The number of aryl methyl sites for hydroxylation is 2. The van der Waals surface area contributed by atoms with Crippen molar-refractivity contribution < 1.29 is 4.79 Å². The number of anilines is 1. The molecule has 2 aromatic heterocycles. The Morgan fingerprint density at radius 1 is 1.27 bits per heavy atom. The molecular formula is C23H25N3O2S2. The first-order chi connectivity index (χ1) is 14.6. The Balaban J connectivity index is 1.65. The highest BCUT2D eigenvalue weighted by molar-refractivity contribution is 7.99. The first-order valence-electron chi connectivity index (χ1n) is 10.2. The van der Waals surface area contributed by atoms with E-state index in [1.54, 1.807) is 33.9 Å². The van der Waals surface area contributed by atoms with E-state index in [9.17, 15) is 9.59 Å². The second kappa shape index (κ2) is 9.18. The fraction of sp³-hybridized carbons (Fsp3) is 0.348. The Bertz CT molecular complexity index is 1130. The predicted molar refractivity (Wildman–Crippen MR) is 126 cm³/mol. The van der Waals surface area contributed by atoms with Crippen molar-refractivity contribution in [3.05, 3.63) is 63.8 Å². The Kier molecular flexibility index (Phi) is 6.39. The van der Waals surface area contributed by atoms with E-state index < -0.39 is 0 Å². The van der Waals surface area contributed by atoms with E-state index in [-0.39, 0.29) is 17.2 Å². The highest BCUT2D eigenvalue weighted by Gasteiger charge is 2.22. The molecule has 0 N–H and O–H groups in total. The number of para-hydroxylation sites is 1. The quantitative estimate of drug-likeness (QED) is 0.242. The molecule has 0 saturated carbocycles. The van der Waals surface area contributed by atoms with Gasteiger partial charge in [-0.3, -0.25) is 14.2 Å². The van der Waals surface area contributed by atoms with Crippen molar-refractivity contribution in [1.29, 1.82) is 0 Å². The van der Waals surface area contributed by atoms with Gasteiger partial charge in [-0.05, 0) is 43.4 Å². The standard InChI is InChI=1S/C23H25N3O2S2/c1-3-14-26-22(28)20-17-12-8-5-9-13-18(17)30-21(20)24-23(26)29-15-19(27)25(2)16-10-6-4-7-11-16/h3-4,6-7,10-11H,1,5,8-9,12-15H2,2H3. The number of allylic oxidation sites excluding steroid dienone is 1. The zero-order chi connectivity index (χ0) is 21.1. The van der Waals surface area contributed by atoms with Crippen LogP contribution in [0.2, 0.25) is 0 Å². The van der Waals surface area contributed by atoms with Crippen molar-refractivity contribution >= 4 is 44.9 Å². The van der Waals surface area contributed by atoms with Crippen LogP contribution in [0, 0.1) is 0 Å². The average Bonchev–Trinajstić information content (AvgIpc) is 2.95. The van der Waals surface area contributed by atoms with Gasteiger partial charge in [-0.25, -0.2) is 4.98 Å². The lowest BCUT2D eigenvalue weighted by Gasteiger charge is -2.17. The number of benzene rings is 1. The molecule has 0 aliphatic heterocycles. The second-order valence-electron chi connectivity index (χ2n) is 7.42. The van der Waals surface area contributed by atoms with Gasteiger partial charge in [0.2, 0.25) is 5.91 Å². The van der Waals surface area contributed by atoms with Crippen LogP contribution in [-0.2, 0) is 24.2 Å². The lowest BCUT2D eigenvalue weighted by atomic mass is 10.1. The van der Waals surface area contributed by atoms with Crippen LogP contribution < -0.4 is 10.5 Å². The molecule has 0 unspecified atom stereocenters. The van der Waals surface area contributed by atoms with E-state index in [2.05, 4.69) is 6.58 Å². The van der Waals surface area contributed by atoms with E-state index in [0.29, 0.717) is 11.7 Å². The van der Waals surface area contributed by atoms with E-state index in [1.165, 1.54) is 35.0 Å². The third-order valence-electron chi connectivity index (χ3n) is 5.44. The number of nitrogens with zero attached hydrogens (tertiary/aromatic N) is 3. The molecule has 1 amide bonds. The van der Waals surface area contributed by atoms with E-state index >= 15 is 0 Å². The summed E-state index contributed by atoms with van der Waals surface area (Å²) in [6, 6.07) is 9.54. The van der Waals surface area contributed by atoms with Crippen LogP contribution in [0.4, 0.5) is 5.69 Å². The number of hydrogen-bond donors (Lipinski definition) is 0. The lowest BCUT2D eigenvalue weighted by Crippen LogP contribution is -2.29. The predicted octanol–water partition coefficient (Wildman–Crippen LogP) is 4.67. The molecule has 4 rings (SSSR count). The van der Waals surface area contributed by atoms with Gasteiger partial charge in [0, 0.05) is 24.2 Å². The van der Waals surface area contributed by atoms with Gasteiger partial charge in [0.25, 0.3) is 5.56 Å². The summed E-state index contributed by atoms with van der Waals surface area (Å²) in [5.74, 6) is 0.179. The molecule has 7 heteroatoms. The maximum Gasteiger partial charge on any atom is 0.263 e. The van der Waals surface area contributed by atoms with Crippen molar-refractivity contribution in [2.45, 2.75) is 43.8 Å². The van der Waals surface area contributed by atoms with Gasteiger partial charge in [0.1, 0.15) is 4.83 Å². The number of rotatable bonds is 6. The summed E-state index contributed by atoms with van der Waals surface area (Å²) in [6.07, 6.45) is 7.19. The third kappa shape index (κ3) is 4.09. The normalized spacial score (nSPS) is 13.6. The largest absolute Gasteiger partial charge is 0.315 e. The van der Waals surface area contributed by atoms with Crippen LogP contribution >= 0.6 is 23.1 Å². The number of thioether (sulfide) groups is 1. The van der Waals surface area contributed by atoms with Crippen LogP contribution in [-0.4, -0.2) is 28.3 Å². The fourth-order valence-electron chi connectivity index (χ4n) is 3.82. The molecule has 0 fully saturated rings. The maximum atomic E-state index is 13.4. The number of carbonyl (C=O) groups is 1. The van der Waals surface area contributed by atoms with Crippen LogP contribution in [0.3, 0.4) is 0 Å². The zero-order valence-electron chi connectivity index (χ0n) is 17.1. The molecule has 156 valence electrons. The minimum absolute atomic E-state index is 0.00865. The van der Waals surface area contributed by atoms with Crippen molar-refractivity contribution in [3.63, 3.8) is 0 Å². The average molecular weight is 440 g/mol. The Labute approximate surface area is 184 Å². The fourth-order valence-corrected chi connectivity index (χ4v) is 6.04. The minimum Gasteiger partial charge on any atom is -0.315 e. The van der Waals surface area contributed by atoms with Gasteiger partial charge in [-0.15, -0.1) is 17.9 Å². The molecule has 0 atom stereocenters. The molecule has 5 nitrogen and oxygen atoms in total. The molecule has 3 aromatic rings. The molecule has 2 heterocycles. The Hall–Kier alpha value is -2.38. The molecule has 0 radical (unpaired) electrons. The first-order valence-corrected chi connectivity index (χ1v) is 12.0. The SMILES string of the molecule is C=CCn1c(SCC(=O)N(C)c2ccccc2)nc2sc3c(c2c1=O)CCCCC3. The van der Waals surface area contributed by atoms with Gasteiger partial charge in [-0.1, -0.05) is 42.5 Å². The second-order valence-corrected chi connectivity index (χ2v) is 9.45. The van der Waals surface area contributed by atoms with Gasteiger partial charge in [-0.2, -0.15) is 0 Å². The van der Waals surface area contributed by atoms with Crippen molar-refractivity contribution in [2.75, 3.05) is 17.7 Å². The number of carbonyl (C=O) groups excluding carboxylic acids is 1. The number of thiophene rings is 1. The van der Waals surface area contributed by atoms with E-state index in [1.807, 2.05) is 30.3 Å². The molecule has 1 aromatic carbocycles. The zero-order valence-corrected chi connectivity index (χ0v) is 18.7. The number of fused-ring (bicyclic) bond motifs is 3. The van der Waals surface area contributed by atoms with E-state index in [4.69, 9.17) is 4.98 Å². The van der Waals surface area contributed by atoms with Gasteiger partial charge < -0.3 is 4.90 Å². The molecule has 30 heavy (non-hydrogen) atoms. The van der Waals surface area contributed by atoms with Crippen molar-refractivity contribution in [3.8, 4) is 0 Å².